The molecule has 1 atom stereocenters. The van der Waals surface area contributed by atoms with Crippen LogP contribution in [0.1, 0.15) is 13.3 Å². The third kappa shape index (κ3) is 2.32. The van der Waals surface area contributed by atoms with Gasteiger partial charge in [0.2, 0.25) is 0 Å². The van der Waals surface area contributed by atoms with Crippen molar-refractivity contribution in [3.8, 4) is 0 Å². The molecule has 0 rings (SSSR count). The van der Waals surface area contributed by atoms with Gasteiger partial charge in [0.05, 0.1) is 6.54 Å². The van der Waals surface area contributed by atoms with Crippen LogP contribution in [0.3, 0.4) is 0 Å². The molecule has 0 amide bonds. The Kier molecular flexibility index (Phi) is 3.48. The van der Waals surface area contributed by atoms with Crippen molar-refractivity contribution in [1.82, 2.24) is 0 Å². The Bertz CT molecular complexity index is 234. The average molecular weight is 207 g/mol. The maximum absolute atomic E-state index is 11.6. The lowest BCUT2D eigenvalue weighted by molar-refractivity contribution is -0.711. The third-order valence-corrected chi connectivity index (χ3v) is 2.47. The van der Waals surface area contributed by atoms with E-state index >= 15 is 0 Å². The van der Waals surface area contributed by atoms with Crippen LogP contribution in [0.25, 0.3) is 0 Å². The van der Waals surface area contributed by atoms with Gasteiger partial charge in [0.15, 0.2) is 0 Å². The number of sulfonamides is 1. The van der Waals surface area contributed by atoms with Crippen LogP contribution in [0, 0.1) is 5.21 Å². The van der Waals surface area contributed by atoms with Gasteiger partial charge in [0, 0.05) is 0 Å². The molecule has 0 radical (unpaired) electrons. The number of rotatable bonds is 3. The quantitative estimate of drug-likeness (QED) is 0.642. The molecular formula is C4H8F3NO3S. The minimum atomic E-state index is -5.58. The summed E-state index contributed by atoms with van der Waals surface area (Å²) < 4.78 is 53.6. The second-order valence-electron chi connectivity index (χ2n) is 2.07. The molecule has 0 aromatic rings. The van der Waals surface area contributed by atoms with Crippen LogP contribution < -0.4 is 4.47 Å². The van der Waals surface area contributed by atoms with Gasteiger partial charge in [-0.15, -0.1) is 0 Å². The molecular weight excluding hydrogens is 199 g/mol. The smallest absolute Gasteiger partial charge is 0.549 e. The van der Waals surface area contributed by atoms with Gasteiger partial charge < -0.3 is 5.21 Å². The summed E-state index contributed by atoms with van der Waals surface area (Å²) in [5.41, 5.74) is -5.46. The summed E-state index contributed by atoms with van der Waals surface area (Å²) >= 11 is 0. The van der Waals surface area contributed by atoms with Crippen molar-refractivity contribution in [2.45, 2.75) is 18.9 Å². The van der Waals surface area contributed by atoms with Gasteiger partial charge in [0.1, 0.15) is 0 Å². The van der Waals surface area contributed by atoms with Gasteiger partial charge in [0.25, 0.3) is 0 Å². The van der Waals surface area contributed by atoms with Crippen molar-refractivity contribution in [3.63, 3.8) is 0 Å². The number of hydrogen-bond donors (Lipinski definition) is 1. The topological polar surface area (TPSA) is 61.6 Å². The average Bonchev–Trinajstić information content (AvgIpc) is 1.85. The molecule has 12 heavy (non-hydrogen) atoms. The molecule has 0 aromatic carbocycles. The largest absolute Gasteiger partial charge is 0.618 e. The number of quaternary nitrogens is 1. The van der Waals surface area contributed by atoms with Gasteiger partial charge in [-0.3, -0.25) is 4.47 Å². The Balaban J connectivity index is 4.64. The highest BCUT2D eigenvalue weighted by atomic mass is 32.2. The van der Waals surface area contributed by atoms with E-state index in [2.05, 4.69) is 0 Å². The summed E-state index contributed by atoms with van der Waals surface area (Å²) in [7, 11) is -5.58. The van der Waals surface area contributed by atoms with E-state index in [0.29, 0.717) is 0 Å². The van der Waals surface area contributed by atoms with Crippen molar-refractivity contribution in [2.24, 2.45) is 0 Å². The molecule has 0 heterocycles. The van der Waals surface area contributed by atoms with Gasteiger partial charge in [-0.1, -0.05) is 6.92 Å². The van der Waals surface area contributed by atoms with E-state index in [9.17, 15) is 26.8 Å². The first kappa shape index (κ1) is 11.7. The normalized spacial score (nSPS) is 16.1. The first-order valence-electron chi connectivity index (χ1n) is 3.07. The van der Waals surface area contributed by atoms with Crippen molar-refractivity contribution in [3.05, 3.63) is 5.21 Å². The van der Waals surface area contributed by atoms with E-state index in [1.807, 2.05) is 0 Å². The second-order valence-corrected chi connectivity index (χ2v) is 4.00. The fourth-order valence-corrected chi connectivity index (χ4v) is 1.20. The number of nitrogens with one attached hydrogen (secondary N) is 1. The third-order valence-electron chi connectivity index (χ3n) is 1.06. The Morgan fingerprint density at radius 3 is 2.08 bits per heavy atom. The Labute approximate surface area is 67.6 Å². The zero-order valence-corrected chi connectivity index (χ0v) is 7.00. The summed E-state index contributed by atoms with van der Waals surface area (Å²) in [6.07, 6.45) is 0.0775. The highest BCUT2D eigenvalue weighted by molar-refractivity contribution is 7.86. The zero-order valence-electron chi connectivity index (χ0n) is 6.18. The molecule has 0 aliphatic rings. The molecule has 0 saturated carbocycles. The van der Waals surface area contributed by atoms with Crippen molar-refractivity contribution < 1.29 is 26.1 Å². The fraction of sp³-hybridized carbons (Fsp3) is 1.00. The minimum Gasteiger partial charge on any atom is -0.618 e. The molecule has 74 valence electrons. The summed E-state index contributed by atoms with van der Waals surface area (Å²) in [4.78, 5) is 0. The molecule has 0 bridgehead atoms. The molecule has 1 unspecified atom stereocenters. The second kappa shape index (κ2) is 3.58. The summed E-state index contributed by atoms with van der Waals surface area (Å²) in [5, 5.41) is 10.4. The number of halogens is 3. The molecule has 4 nitrogen and oxygen atoms in total. The number of hydroxylamine groups is 1. The number of alkyl halides is 3. The van der Waals surface area contributed by atoms with E-state index in [4.69, 9.17) is 0 Å². The Morgan fingerprint density at radius 2 is 1.83 bits per heavy atom. The van der Waals surface area contributed by atoms with Crippen molar-refractivity contribution >= 4 is 10.0 Å². The first-order chi connectivity index (χ1) is 5.23. The van der Waals surface area contributed by atoms with E-state index in [1.54, 1.807) is 0 Å². The first-order valence-corrected chi connectivity index (χ1v) is 4.56. The standard InChI is InChI=1S/C4H8F3NO3S/c1-2-3-8(9)12(10,11)4(5,6)7/h8H,2-3H2,1H3. The maximum Gasteiger partial charge on any atom is 0.549 e. The van der Waals surface area contributed by atoms with Crippen LogP contribution in [0.15, 0.2) is 0 Å². The van der Waals surface area contributed by atoms with E-state index < -0.39 is 26.5 Å². The monoisotopic (exact) mass is 207 g/mol. The molecule has 0 aliphatic heterocycles. The SMILES string of the molecule is CCC[NH+]([O-])S(=O)(=O)C(F)(F)F. The van der Waals surface area contributed by atoms with Crippen molar-refractivity contribution in [2.75, 3.05) is 6.54 Å². The van der Waals surface area contributed by atoms with Crippen LogP contribution in [0.4, 0.5) is 13.2 Å². The molecule has 0 saturated heterocycles. The van der Waals surface area contributed by atoms with Crippen LogP contribution in [-0.4, -0.2) is 20.5 Å². The Hall–Kier alpha value is -0.340. The molecule has 0 spiro atoms. The molecule has 0 aromatic heterocycles. The van der Waals surface area contributed by atoms with Crippen LogP contribution >= 0.6 is 0 Å². The fourth-order valence-electron chi connectivity index (χ4n) is 0.468. The van der Waals surface area contributed by atoms with E-state index in [0.717, 1.165) is 0 Å². The lowest BCUT2D eigenvalue weighted by Crippen LogP contribution is -3.10. The highest BCUT2D eigenvalue weighted by Crippen LogP contribution is 2.19. The van der Waals surface area contributed by atoms with Crippen LogP contribution in [0.5, 0.6) is 0 Å². The predicted molar refractivity (Wildman–Crippen MR) is 34.5 cm³/mol. The summed E-state index contributed by atoms with van der Waals surface area (Å²) in [5.74, 6) is 0. The summed E-state index contributed by atoms with van der Waals surface area (Å²) in [6.45, 7) is 0.825. The minimum absolute atomic E-state index is 0.0775. The predicted octanol–water partition coefficient (Wildman–Crippen LogP) is -0.371. The van der Waals surface area contributed by atoms with Crippen LogP contribution in [0.2, 0.25) is 0 Å². The van der Waals surface area contributed by atoms with Gasteiger partial charge >= 0.3 is 15.5 Å². The van der Waals surface area contributed by atoms with Gasteiger partial charge in [-0.2, -0.15) is 21.6 Å². The van der Waals surface area contributed by atoms with Gasteiger partial charge in [-0.25, -0.2) is 0 Å². The van der Waals surface area contributed by atoms with E-state index in [1.165, 1.54) is 6.92 Å². The van der Waals surface area contributed by atoms with Crippen LogP contribution in [-0.2, 0) is 10.0 Å². The van der Waals surface area contributed by atoms with Gasteiger partial charge in [-0.05, 0) is 6.42 Å². The molecule has 1 N–H and O–H groups in total. The molecule has 0 aliphatic carbocycles. The summed E-state index contributed by atoms with van der Waals surface area (Å²) in [6, 6.07) is 0. The lowest BCUT2D eigenvalue weighted by atomic mass is 10.5. The van der Waals surface area contributed by atoms with Crippen molar-refractivity contribution in [1.29, 1.82) is 0 Å². The highest BCUT2D eigenvalue weighted by Gasteiger charge is 2.51. The van der Waals surface area contributed by atoms with E-state index in [-0.39, 0.29) is 6.42 Å². The zero-order chi connectivity index (χ0) is 9.99. The number of hydrogen-bond acceptors (Lipinski definition) is 3. The molecule has 0 fully saturated rings. The Morgan fingerprint density at radius 1 is 1.42 bits per heavy atom. The lowest BCUT2D eigenvalue weighted by Gasteiger charge is -2.21. The molecule has 8 heteroatoms. The maximum atomic E-state index is 11.6.